The summed E-state index contributed by atoms with van der Waals surface area (Å²) in [6.07, 6.45) is 6.22. The molecule has 7 heteroatoms. The van der Waals surface area contributed by atoms with Gasteiger partial charge in [0.1, 0.15) is 11.6 Å². The third-order valence-electron chi connectivity index (χ3n) is 3.73. The predicted molar refractivity (Wildman–Crippen MR) is 79.2 cm³/mol. The summed E-state index contributed by atoms with van der Waals surface area (Å²) in [5.41, 5.74) is 0. The van der Waals surface area contributed by atoms with Crippen LogP contribution in [-0.4, -0.2) is 44.1 Å². The van der Waals surface area contributed by atoms with Crippen LogP contribution in [0.4, 0.5) is 0 Å². The summed E-state index contributed by atoms with van der Waals surface area (Å²) in [6, 6.07) is 3.50. The van der Waals surface area contributed by atoms with Crippen LogP contribution in [-0.2, 0) is 4.79 Å². The van der Waals surface area contributed by atoms with E-state index in [4.69, 9.17) is 4.74 Å². The van der Waals surface area contributed by atoms with Gasteiger partial charge in [-0.2, -0.15) is 5.10 Å². The Kier molecular flexibility index (Phi) is 4.32. The average molecular weight is 301 g/mol. The van der Waals surface area contributed by atoms with Gasteiger partial charge in [-0.05, 0) is 38.3 Å². The molecule has 2 aromatic rings. The first-order chi connectivity index (χ1) is 10.7. The lowest BCUT2D eigenvalue weighted by Crippen LogP contribution is -2.41. The number of H-pyrrole nitrogens is 1. The van der Waals surface area contributed by atoms with Crippen LogP contribution in [0.15, 0.2) is 24.5 Å². The van der Waals surface area contributed by atoms with Gasteiger partial charge in [0.2, 0.25) is 0 Å². The molecule has 0 saturated carbocycles. The Bertz CT molecular complexity index is 628. The van der Waals surface area contributed by atoms with Crippen LogP contribution in [0.2, 0.25) is 0 Å². The maximum Gasteiger partial charge on any atom is 0.261 e. The largest absolute Gasteiger partial charge is 0.482 e. The van der Waals surface area contributed by atoms with Gasteiger partial charge in [0.25, 0.3) is 5.91 Å². The van der Waals surface area contributed by atoms with Crippen molar-refractivity contribution in [2.45, 2.75) is 32.2 Å². The minimum absolute atomic E-state index is 0.00555. The standard InChI is InChI=1S/C15H19N5O2/c1-11-17-15(19-18-11)13-6-2-3-8-20(13)14(21)10-22-12-5-4-7-16-9-12/h4-5,7,9,13H,2-3,6,8,10H2,1H3,(H,17,18,19)/t13-/m1/s1. The first-order valence-electron chi connectivity index (χ1n) is 7.45. The van der Waals surface area contributed by atoms with Gasteiger partial charge >= 0.3 is 0 Å². The summed E-state index contributed by atoms with van der Waals surface area (Å²) < 4.78 is 5.51. The SMILES string of the molecule is Cc1nc([C@H]2CCCCN2C(=O)COc2cccnc2)n[nH]1. The van der Waals surface area contributed by atoms with E-state index in [9.17, 15) is 4.79 Å². The number of pyridine rings is 1. The number of carbonyl (C=O) groups is 1. The topological polar surface area (TPSA) is 84.0 Å². The molecule has 1 saturated heterocycles. The zero-order chi connectivity index (χ0) is 15.4. The van der Waals surface area contributed by atoms with Gasteiger partial charge in [0.15, 0.2) is 12.4 Å². The van der Waals surface area contributed by atoms with Gasteiger partial charge < -0.3 is 9.64 Å². The summed E-state index contributed by atoms with van der Waals surface area (Å²) in [4.78, 5) is 22.6. The Morgan fingerprint density at radius 2 is 2.41 bits per heavy atom. The van der Waals surface area contributed by atoms with Crippen LogP contribution in [0.3, 0.4) is 0 Å². The van der Waals surface area contributed by atoms with E-state index in [1.165, 1.54) is 0 Å². The predicted octanol–water partition coefficient (Wildman–Crippen LogP) is 1.64. The summed E-state index contributed by atoms with van der Waals surface area (Å²) in [5, 5.41) is 7.05. The van der Waals surface area contributed by atoms with E-state index in [-0.39, 0.29) is 18.6 Å². The molecule has 0 spiro atoms. The fourth-order valence-corrected chi connectivity index (χ4v) is 2.67. The highest BCUT2D eigenvalue weighted by Crippen LogP contribution is 2.28. The second kappa shape index (κ2) is 6.55. The highest BCUT2D eigenvalue weighted by molar-refractivity contribution is 5.78. The molecule has 22 heavy (non-hydrogen) atoms. The third kappa shape index (κ3) is 3.24. The van der Waals surface area contributed by atoms with Crippen molar-refractivity contribution in [2.75, 3.05) is 13.2 Å². The van der Waals surface area contributed by atoms with Crippen LogP contribution < -0.4 is 4.74 Å². The Balaban J connectivity index is 1.66. The molecule has 0 aliphatic carbocycles. The zero-order valence-electron chi connectivity index (χ0n) is 12.5. The van der Waals surface area contributed by atoms with Gasteiger partial charge in [-0.15, -0.1) is 0 Å². The summed E-state index contributed by atoms with van der Waals surface area (Å²) in [6.45, 7) is 2.58. The lowest BCUT2D eigenvalue weighted by atomic mass is 10.0. The Morgan fingerprint density at radius 1 is 1.50 bits per heavy atom. The van der Waals surface area contributed by atoms with Crippen molar-refractivity contribution in [2.24, 2.45) is 0 Å². The van der Waals surface area contributed by atoms with Crippen molar-refractivity contribution in [3.05, 3.63) is 36.2 Å². The van der Waals surface area contributed by atoms with Crippen LogP contribution in [0.25, 0.3) is 0 Å². The molecule has 7 nitrogen and oxygen atoms in total. The number of piperidine rings is 1. The van der Waals surface area contributed by atoms with E-state index < -0.39 is 0 Å². The van der Waals surface area contributed by atoms with Crippen molar-refractivity contribution in [3.63, 3.8) is 0 Å². The molecule has 116 valence electrons. The van der Waals surface area contributed by atoms with Crippen LogP contribution >= 0.6 is 0 Å². The van der Waals surface area contributed by atoms with Crippen molar-refractivity contribution in [1.82, 2.24) is 25.1 Å². The number of carbonyl (C=O) groups excluding carboxylic acids is 1. The van der Waals surface area contributed by atoms with Crippen molar-refractivity contribution in [1.29, 1.82) is 0 Å². The average Bonchev–Trinajstić information content (AvgIpc) is 3.00. The van der Waals surface area contributed by atoms with Gasteiger partial charge in [0, 0.05) is 12.7 Å². The maximum atomic E-state index is 12.5. The van der Waals surface area contributed by atoms with E-state index in [1.54, 1.807) is 24.5 Å². The fourth-order valence-electron chi connectivity index (χ4n) is 2.67. The number of nitrogens with zero attached hydrogens (tertiary/aromatic N) is 4. The molecule has 1 aliphatic heterocycles. The molecule has 3 heterocycles. The number of ether oxygens (including phenoxy) is 1. The van der Waals surface area contributed by atoms with E-state index in [0.29, 0.717) is 18.1 Å². The molecule has 0 aromatic carbocycles. The minimum Gasteiger partial charge on any atom is -0.482 e. The fraction of sp³-hybridized carbons (Fsp3) is 0.467. The van der Waals surface area contributed by atoms with Crippen molar-refractivity contribution in [3.8, 4) is 5.75 Å². The van der Waals surface area contributed by atoms with Gasteiger partial charge in [-0.1, -0.05) is 0 Å². The lowest BCUT2D eigenvalue weighted by molar-refractivity contribution is -0.137. The highest BCUT2D eigenvalue weighted by atomic mass is 16.5. The van der Waals surface area contributed by atoms with Gasteiger partial charge in [-0.3, -0.25) is 14.9 Å². The normalized spacial score (nSPS) is 18.2. The third-order valence-corrected chi connectivity index (χ3v) is 3.73. The summed E-state index contributed by atoms with van der Waals surface area (Å²) in [7, 11) is 0. The van der Waals surface area contributed by atoms with Crippen LogP contribution in [0.5, 0.6) is 5.75 Å². The van der Waals surface area contributed by atoms with E-state index >= 15 is 0 Å². The highest BCUT2D eigenvalue weighted by Gasteiger charge is 2.30. The Morgan fingerprint density at radius 3 is 3.14 bits per heavy atom. The molecule has 3 rings (SSSR count). The smallest absolute Gasteiger partial charge is 0.261 e. The molecular formula is C15H19N5O2. The summed E-state index contributed by atoms with van der Waals surface area (Å²) in [5.74, 6) is 2.00. The number of amides is 1. The number of likely N-dealkylation sites (tertiary alicyclic amines) is 1. The molecule has 0 radical (unpaired) electrons. The number of hydrogen-bond donors (Lipinski definition) is 1. The molecule has 1 atom stereocenters. The molecule has 0 unspecified atom stereocenters. The monoisotopic (exact) mass is 301 g/mol. The molecule has 1 N–H and O–H groups in total. The van der Waals surface area contributed by atoms with E-state index in [2.05, 4.69) is 20.2 Å². The first kappa shape index (κ1) is 14.5. The van der Waals surface area contributed by atoms with Gasteiger partial charge in [-0.25, -0.2) is 4.98 Å². The molecule has 1 aliphatic rings. The number of aryl methyl sites for hydroxylation is 1. The van der Waals surface area contributed by atoms with Gasteiger partial charge in [0.05, 0.1) is 12.2 Å². The first-order valence-corrected chi connectivity index (χ1v) is 7.45. The zero-order valence-corrected chi connectivity index (χ0v) is 12.5. The van der Waals surface area contributed by atoms with Crippen LogP contribution in [0.1, 0.15) is 37.0 Å². The summed E-state index contributed by atoms with van der Waals surface area (Å²) >= 11 is 0. The minimum atomic E-state index is -0.0660. The molecule has 1 amide bonds. The molecular weight excluding hydrogens is 282 g/mol. The number of nitrogens with one attached hydrogen (secondary N) is 1. The lowest BCUT2D eigenvalue weighted by Gasteiger charge is -2.33. The molecule has 2 aromatic heterocycles. The second-order valence-electron chi connectivity index (χ2n) is 5.36. The number of hydrogen-bond acceptors (Lipinski definition) is 5. The number of rotatable bonds is 4. The second-order valence-corrected chi connectivity index (χ2v) is 5.36. The van der Waals surface area contributed by atoms with Crippen LogP contribution in [0, 0.1) is 6.92 Å². The van der Waals surface area contributed by atoms with E-state index in [1.807, 2.05) is 11.8 Å². The quantitative estimate of drug-likeness (QED) is 0.928. The Hall–Kier alpha value is -2.44. The number of aromatic amines is 1. The molecule has 1 fully saturated rings. The molecule has 0 bridgehead atoms. The van der Waals surface area contributed by atoms with Crippen molar-refractivity contribution >= 4 is 5.91 Å². The van der Waals surface area contributed by atoms with E-state index in [0.717, 1.165) is 25.1 Å². The van der Waals surface area contributed by atoms with Crippen molar-refractivity contribution < 1.29 is 9.53 Å². The number of aromatic nitrogens is 4. The Labute approximate surface area is 128 Å². The maximum absolute atomic E-state index is 12.5.